The fourth-order valence-electron chi connectivity index (χ4n) is 3.23. The number of carbonyl (C=O) groups is 1. The highest BCUT2D eigenvalue weighted by Gasteiger charge is 2.23. The highest BCUT2D eigenvalue weighted by Crippen LogP contribution is 2.29. The van der Waals surface area contributed by atoms with Gasteiger partial charge in [-0.15, -0.1) is 10.2 Å². The van der Waals surface area contributed by atoms with Crippen LogP contribution in [0, 0.1) is 0 Å². The van der Waals surface area contributed by atoms with E-state index in [-0.39, 0.29) is 5.91 Å². The molecular weight excluding hydrogens is 358 g/mol. The first-order chi connectivity index (χ1) is 12.1. The second-order valence-electron chi connectivity index (χ2n) is 6.38. The molecule has 0 aliphatic carbocycles. The van der Waals surface area contributed by atoms with Gasteiger partial charge in [-0.05, 0) is 37.8 Å². The Hall–Kier alpha value is -1.99. The molecular formula is C17H18ClN5OS. The molecule has 130 valence electrons. The molecule has 0 unspecified atom stereocenters. The number of hydrogen-bond acceptors (Lipinski definition) is 5. The predicted octanol–water partition coefficient (Wildman–Crippen LogP) is 3.45. The van der Waals surface area contributed by atoms with Crippen LogP contribution in [-0.2, 0) is 11.2 Å². The average Bonchev–Trinajstić information content (AvgIpc) is 3.19. The number of amides is 1. The van der Waals surface area contributed by atoms with Crippen molar-refractivity contribution >= 4 is 33.8 Å². The van der Waals surface area contributed by atoms with Gasteiger partial charge in [0.05, 0.1) is 6.42 Å². The van der Waals surface area contributed by atoms with E-state index in [0.29, 0.717) is 17.5 Å². The van der Waals surface area contributed by atoms with Gasteiger partial charge in [-0.25, -0.2) is 0 Å². The third-order valence-corrected chi connectivity index (χ3v) is 5.97. The Bertz CT molecular complexity index is 892. The standard InChI is InChI=1S/C17H18ClN5OS/c1-11-4-2-3-7-22(11)15(24)9-12-5-6-13(8-14(12)18)16-21-23-10-19-20-17(23)25-16/h5-6,8,10-11H,2-4,7,9H2,1H3/t11-/m1/s1. The summed E-state index contributed by atoms with van der Waals surface area (Å²) in [7, 11) is 0. The molecule has 0 saturated carbocycles. The summed E-state index contributed by atoms with van der Waals surface area (Å²) in [5.74, 6) is 0.153. The molecule has 1 saturated heterocycles. The Morgan fingerprint density at radius 2 is 2.28 bits per heavy atom. The van der Waals surface area contributed by atoms with Crippen LogP contribution in [-0.4, -0.2) is 43.2 Å². The van der Waals surface area contributed by atoms with E-state index >= 15 is 0 Å². The van der Waals surface area contributed by atoms with Gasteiger partial charge in [-0.3, -0.25) is 4.79 Å². The fourth-order valence-corrected chi connectivity index (χ4v) is 4.30. The average molecular weight is 376 g/mol. The molecule has 1 amide bonds. The number of aromatic nitrogens is 4. The van der Waals surface area contributed by atoms with E-state index in [1.54, 1.807) is 10.8 Å². The maximum Gasteiger partial charge on any atom is 0.234 e. The van der Waals surface area contributed by atoms with E-state index in [4.69, 9.17) is 11.6 Å². The molecule has 3 aromatic rings. The molecule has 1 atom stereocenters. The molecule has 0 spiro atoms. The first-order valence-electron chi connectivity index (χ1n) is 8.37. The van der Waals surface area contributed by atoms with Crippen molar-refractivity contribution in [3.05, 3.63) is 35.1 Å². The van der Waals surface area contributed by atoms with Gasteiger partial charge in [0.25, 0.3) is 0 Å². The SMILES string of the molecule is C[C@@H]1CCCCN1C(=O)Cc1ccc(-c2nn3cnnc3s2)cc1Cl. The smallest absolute Gasteiger partial charge is 0.234 e. The first kappa shape index (κ1) is 16.5. The third-order valence-electron chi connectivity index (χ3n) is 4.65. The monoisotopic (exact) mass is 375 g/mol. The topological polar surface area (TPSA) is 63.4 Å². The highest BCUT2D eigenvalue weighted by atomic mass is 35.5. The van der Waals surface area contributed by atoms with Gasteiger partial charge in [0.1, 0.15) is 11.3 Å². The van der Waals surface area contributed by atoms with Gasteiger partial charge < -0.3 is 4.90 Å². The molecule has 0 radical (unpaired) electrons. The van der Waals surface area contributed by atoms with Gasteiger partial charge in [0.2, 0.25) is 10.9 Å². The summed E-state index contributed by atoms with van der Waals surface area (Å²) in [6.45, 7) is 2.97. The number of likely N-dealkylation sites (tertiary alicyclic amines) is 1. The number of hydrogen-bond donors (Lipinski definition) is 0. The van der Waals surface area contributed by atoms with Gasteiger partial charge in [0, 0.05) is 23.2 Å². The van der Waals surface area contributed by atoms with Crippen molar-refractivity contribution in [2.45, 2.75) is 38.6 Å². The third kappa shape index (κ3) is 3.26. The molecule has 8 heteroatoms. The van der Waals surface area contributed by atoms with Crippen LogP contribution in [0.4, 0.5) is 0 Å². The van der Waals surface area contributed by atoms with Crippen LogP contribution < -0.4 is 0 Å². The minimum absolute atomic E-state index is 0.153. The number of benzene rings is 1. The van der Waals surface area contributed by atoms with Crippen molar-refractivity contribution < 1.29 is 4.79 Å². The van der Waals surface area contributed by atoms with Crippen molar-refractivity contribution in [2.75, 3.05) is 6.54 Å². The van der Waals surface area contributed by atoms with Gasteiger partial charge in [0.15, 0.2) is 0 Å². The molecule has 1 aliphatic heterocycles. The lowest BCUT2D eigenvalue weighted by Gasteiger charge is -2.33. The van der Waals surface area contributed by atoms with Crippen LogP contribution in [0.25, 0.3) is 15.5 Å². The molecule has 1 aliphatic rings. The van der Waals surface area contributed by atoms with E-state index in [1.807, 2.05) is 23.1 Å². The molecule has 2 aromatic heterocycles. The molecule has 1 fully saturated rings. The van der Waals surface area contributed by atoms with Crippen molar-refractivity contribution in [1.82, 2.24) is 24.7 Å². The van der Waals surface area contributed by atoms with Crippen molar-refractivity contribution in [2.24, 2.45) is 0 Å². The zero-order chi connectivity index (χ0) is 17.4. The number of rotatable bonds is 3. The zero-order valence-corrected chi connectivity index (χ0v) is 15.4. The molecule has 0 N–H and O–H groups in total. The van der Waals surface area contributed by atoms with Gasteiger partial charge in [-0.2, -0.15) is 9.61 Å². The van der Waals surface area contributed by atoms with Crippen LogP contribution in [0.5, 0.6) is 0 Å². The normalized spacial score (nSPS) is 18.0. The first-order valence-corrected chi connectivity index (χ1v) is 9.56. The molecule has 3 heterocycles. The second-order valence-corrected chi connectivity index (χ2v) is 7.74. The minimum Gasteiger partial charge on any atom is -0.340 e. The van der Waals surface area contributed by atoms with E-state index in [9.17, 15) is 4.79 Å². The number of piperidine rings is 1. The Balaban J connectivity index is 1.53. The summed E-state index contributed by atoms with van der Waals surface area (Å²) in [4.78, 5) is 15.3. The van der Waals surface area contributed by atoms with E-state index < -0.39 is 0 Å². The van der Waals surface area contributed by atoms with Crippen LogP contribution in [0.2, 0.25) is 5.02 Å². The summed E-state index contributed by atoms with van der Waals surface area (Å²) in [5.41, 5.74) is 1.78. The van der Waals surface area contributed by atoms with Crippen molar-refractivity contribution in [1.29, 1.82) is 0 Å². The maximum absolute atomic E-state index is 12.6. The number of fused-ring (bicyclic) bond motifs is 1. The quantitative estimate of drug-likeness (QED) is 0.703. The predicted molar refractivity (Wildman–Crippen MR) is 97.8 cm³/mol. The lowest BCUT2D eigenvalue weighted by atomic mass is 10.0. The van der Waals surface area contributed by atoms with Crippen molar-refractivity contribution in [3.63, 3.8) is 0 Å². The Labute approximate surface area is 154 Å². The Morgan fingerprint density at radius 1 is 1.40 bits per heavy atom. The lowest BCUT2D eigenvalue weighted by molar-refractivity contribution is -0.133. The second kappa shape index (κ2) is 6.72. The minimum atomic E-state index is 0.153. The molecule has 0 bridgehead atoms. The molecule has 6 nitrogen and oxygen atoms in total. The van der Waals surface area contributed by atoms with E-state index in [1.165, 1.54) is 17.8 Å². The number of halogens is 1. The summed E-state index contributed by atoms with van der Waals surface area (Å²) in [6, 6.07) is 6.07. The van der Waals surface area contributed by atoms with E-state index in [0.717, 1.165) is 40.5 Å². The largest absolute Gasteiger partial charge is 0.340 e. The number of carbonyl (C=O) groups excluding carboxylic acids is 1. The van der Waals surface area contributed by atoms with Gasteiger partial charge >= 0.3 is 0 Å². The Kier molecular flexibility index (Phi) is 4.43. The zero-order valence-electron chi connectivity index (χ0n) is 13.9. The molecule has 4 rings (SSSR count). The van der Waals surface area contributed by atoms with Crippen LogP contribution in [0.3, 0.4) is 0 Å². The van der Waals surface area contributed by atoms with Crippen molar-refractivity contribution in [3.8, 4) is 10.6 Å². The highest BCUT2D eigenvalue weighted by molar-refractivity contribution is 7.19. The Morgan fingerprint density at radius 3 is 3.04 bits per heavy atom. The van der Waals surface area contributed by atoms with Crippen LogP contribution in [0.15, 0.2) is 24.5 Å². The maximum atomic E-state index is 12.6. The summed E-state index contributed by atoms with van der Waals surface area (Å²) in [6.07, 6.45) is 5.29. The summed E-state index contributed by atoms with van der Waals surface area (Å²) < 4.78 is 1.64. The number of nitrogens with zero attached hydrogens (tertiary/aromatic N) is 5. The lowest BCUT2D eigenvalue weighted by Crippen LogP contribution is -2.42. The van der Waals surface area contributed by atoms with Crippen LogP contribution >= 0.6 is 22.9 Å². The summed E-state index contributed by atoms with van der Waals surface area (Å²) in [5, 5.41) is 13.7. The molecule has 1 aromatic carbocycles. The van der Waals surface area contributed by atoms with Crippen LogP contribution in [0.1, 0.15) is 31.7 Å². The van der Waals surface area contributed by atoms with Gasteiger partial charge in [-0.1, -0.05) is 35.1 Å². The molecule has 25 heavy (non-hydrogen) atoms. The summed E-state index contributed by atoms with van der Waals surface area (Å²) >= 11 is 7.90. The fraction of sp³-hybridized carbons (Fsp3) is 0.412. The van der Waals surface area contributed by atoms with E-state index in [2.05, 4.69) is 22.2 Å².